The van der Waals surface area contributed by atoms with Gasteiger partial charge in [-0.1, -0.05) is 0 Å². The van der Waals surface area contributed by atoms with E-state index in [1.54, 1.807) is 6.20 Å². The molecule has 1 atom stereocenters. The summed E-state index contributed by atoms with van der Waals surface area (Å²) < 4.78 is 2.30. The van der Waals surface area contributed by atoms with Crippen molar-refractivity contribution >= 4 is 16.8 Å². The topological polar surface area (TPSA) is 92.9 Å². The van der Waals surface area contributed by atoms with E-state index in [1.165, 1.54) is 0 Å². The van der Waals surface area contributed by atoms with Crippen LogP contribution in [0.15, 0.2) is 29.2 Å². The Morgan fingerprint density at radius 1 is 1.23 bits per heavy atom. The minimum absolute atomic E-state index is 0.136. The van der Waals surface area contributed by atoms with Crippen LogP contribution in [-0.2, 0) is 0 Å². The Balaban J connectivity index is 2.02. The van der Waals surface area contributed by atoms with Gasteiger partial charge < -0.3 is 20.6 Å². The number of aromatic nitrogens is 2. The molecule has 1 aliphatic rings. The van der Waals surface area contributed by atoms with Gasteiger partial charge in [0.15, 0.2) is 0 Å². The molecule has 1 amide bonds. The summed E-state index contributed by atoms with van der Waals surface area (Å²) in [6.45, 7) is 10.3. The number of fused-ring (bicyclic) bond motifs is 1. The van der Waals surface area contributed by atoms with E-state index in [1.807, 2.05) is 32.9 Å². The van der Waals surface area contributed by atoms with Gasteiger partial charge in [0.1, 0.15) is 0 Å². The number of aryl methyl sites for hydroxylation is 2. The number of hydrogen-bond acceptors (Lipinski definition) is 3. The molecule has 1 fully saturated rings. The van der Waals surface area contributed by atoms with Gasteiger partial charge in [-0.25, -0.2) is 0 Å². The van der Waals surface area contributed by atoms with Crippen LogP contribution in [-0.4, -0.2) is 28.5 Å². The highest BCUT2D eigenvalue weighted by Gasteiger charge is 2.29. The van der Waals surface area contributed by atoms with E-state index in [-0.39, 0.29) is 11.6 Å². The Morgan fingerprint density at radius 3 is 2.57 bits per heavy atom. The molecule has 6 nitrogen and oxygen atoms in total. The van der Waals surface area contributed by atoms with Gasteiger partial charge in [0.25, 0.3) is 11.5 Å². The third-order valence-corrected chi connectivity index (χ3v) is 6.79. The summed E-state index contributed by atoms with van der Waals surface area (Å²) in [7, 11) is 0. The maximum atomic E-state index is 12.5. The van der Waals surface area contributed by atoms with Crippen LogP contribution in [0.1, 0.15) is 53.0 Å². The number of carbonyl (C=O) groups excluding carboxylic acids is 1. The first-order valence-corrected chi connectivity index (χ1v) is 10.7. The second kappa shape index (κ2) is 7.76. The zero-order chi connectivity index (χ0) is 21.6. The molecule has 0 bridgehead atoms. The molecule has 3 heterocycles. The van der Waals surface area contributed by atoms with Crippen LogP contribution in [0.25, 0.3) is 22.0 Å². The summed E-state index contributed by atoms with van der Waals surface area (Å²) in [5.74, 6) is 0.118. The molecule has 1 aromatic carbocycles. The first-order chi connectivity index (χ1) is 14.3. The second-order valence-corrected chi connectivity index (χ2v) is 8.52. The predicted molar refractivity (Wildman–Crippen MR) is 121 cm³/mol. The second-order valence-electron chi connectivity index (χ2n) is 8.52. The molecule has 2 aromatic heterocycles. The minimum Gasteiger partial charge on any atom is -0.366 e. The number of benzene rings is 1. The molecule has 1 unspecified atom stereocenters. The number of amides is 1. The molecule has 0 radical (unpaired) electrons. The Kier molecular flexibility index (Phi) is 5.28. The van der Waals surface area contributed by atoms with Crippen molar-refractivity contribution in [2.24, 2.45) is 11.7 Å². The minimum atomic E-state index is -0.423. The highest BCUT2D eigenvalue weighted by atomic mass is 16.1. The van der Waals surface area contributed by atoms with Gasteiger partial charge in [-0.2, -0.15) is 0 Å². The number of hydrogen-bond donors (Lipinski definition) is 3. The van der Waals surface area contributed by atoms with Crippen molar-refractivity contribution in [1.82, 2.24) is 14.9 Å². The van der Waals surface area contributed by atoms with Gasteiger partial charge in [0.05, 0.1) is 5.56 Å². The number of nitrogens with one attached hydrogen (secondary N) is 2. The average Bonchev–Trinajstić information content (AvgIpc) is 3.01. The van der Waals surface area contributed by atoms with E-state index in [9.17, 15) is 9.59 Å². The van der Waals surface area contributed by atoms with Crippen molar-refractivity contribution in [2.75, 3.05) is 13.1 Å². The van der Waals surface area contributed by atoms with Crippen LogP contribution in [0, 0.1) is 26.7 Å². The Bertz CT molecular complexity index is 1180. The molecule has 4 rings (SSSR count). The van der Waals surface area contributed by atoms with Crippen LogP contribution in [0.5, 0.6) is 0 Å². The molecule has 1 aliphatic heterocycles. The smallest absolute Gasteiger partial charge is 0.255 e. The Labute approximate surface area is 176 Å². The normalized spacial score (nSPS) is 16.1. The van der Waals surface area contributed by atoms with Crippen molar-refractivity contribution in [1.29, 1.82) is 0 Å². The fourth-order valence-corrected chi connectivity index (χ4v) is 5.35. The monoisotopic (exact) mass is 406 g/mol. The number of piperidine rings is 1. The predicted octanol–water partition coefficient (Wildman–Crippen LogP) is 3.58. The summed E-state index contributed by atoms with van der Waals surface area (Å²) in [6.07, 6.45) is 3.86. The van der Waals surface area contributed by atoms with Gasteiger partial charge in [-0.15, -0.1) is 0 Å². The van der Waals surface area contributed by atoms with Crippen LogP contribution >= 0.6 is 0 Å². The van der Waals surface area contributed by atoms with Gasteiger partial charge in [0, 0.05) is 34.4 Å². The van der Waals surface area contributed by atoms with E-state index in [0.29, 0.717) is 17.0 Å². The zero-order valence-corrected chi connectivity index (χ0v) is 18.1. The number of nitrogens with two attached hydrogens (primary N) is 1. The van der Waals surface area contributed by atoms with E-state index < -0.39 is 5.91 Å². The zero-order valence-electron chi connectivity index (χ0n) is 18.1. The Hall–Kier alpha value is -2.86. The molecule has 1 saturated heterocycles. The summed E-state index contributed by atoms with van der Waals surface area (Å²) in [6, 6.07) is 6.02. The highest BCUT2D eigenvalue weighted by molar-refractivity contribution is 6.10. The molecule has 0 saturated carbocycles. The van der Waals surface area contributed by atoms with Gasteiger partial charge in [-0.05, 0) is 94.4 Å². The number of nitrogens with zero attached hydrogens (tertiary/aromatic N) is 1. The molecular weight excluding hydrogens is 376 g/mol. The van der Waals surface area contributed by atoms with Crippen LogP contribution in [0.3, 0.4) is 0 Å². The first-order valence-electron chi connectivity index (χ1n) is 10.7. The number of aromatic amines is 1. The molecule has 0 aliphatic carbocycles. The molecule has 0 spiro atoms. The summed E-state index contributed by atoms with van der Waals surface area (Å²) in [5, 5.41) is 4.29. The largest absolute Gasteiger partial charge is 0.366 e. The molecular formula is C24H30N4O2. The van der Waals surface area contributed by atoms with Crippen LogP contribution < -0.4 is 16.6 Å². The van der Waals surface area contributed by atoms with Crippen LogP contribution in [0.4, 0.5) is 0 Å². The fourth-order valence-electron chi connectivity index (χ4n) is 5.35. The molecule has 4 N–H and O–H groups in total. The lowest BCUT2D eigenvalue weighted by molar-refractivity contribution is 0.100. The standard InChI is InChI=1S/C24H30N4O2/c1-13-12-19-21(14(2)20(13)18-6-5-9-27-24(18)30)22(23(25)29)16(4)28(19)15(3)17-7-10-26-11-8-17/h5-6,9,12,15,17,26H,7-8,10-11H2,1-4H3,(H2,25,29)(H,27,30). The van der Waals surface area contributed by atoms with Gasteiger partial charge in [0.2, 0.25) is 0 Å². The van der Waals surface area contributed by atoms with Gasteiger partial charge >= 0.3 is 0 Å². The number of primary amides is 1. The summed E-state index contributed by atoms with van der Waals surface area (Å²) >= 11 is 0. The van der Waals surface area contributed by atoms with E-state index >= 15 is 0 Å². The SMILES string of the molecule is Cc1cc2c(c(C)c1-c1ccc[nH]c1=O)c(C(N)=O)c(C)n2C(C)C1CCNCC1. The van der Waals surface area contributed by atoms with Gasteiger partial charge in [-0.3, -0.25) is 9.59 Å². The van der Waals surface area contributed by atoms with Crippen molar-refractivity contribution in [3.05, 3.63) is 57.1 Å². The maximum Gasteiger partial charge on any atom is 0.255 e. The number of carbonyl (C=O) groups is 1. The van der Waals surface area contributed by atoms with Crippen LogP contribution in [0.2, 0.25) is 0 Å². The van der Waals surface area contributed by atoms with E-state index in [0.717, 1.165) is 59.2 Å². The fraction of sp³-hybridized carbons (Fsp3) is 0.417. The summed E-state index contributed by atoms with van der Waals surface area (Å²) in [4.78, 5) is 27.8. The number of rotatable bonds is 4. The van der Waals surface area contributed by atoms with Crippen molar-refractivity contribution in [2.45, 2.75) is 46.6 Å². The Morgan fingerprint density at radius 2 is 1.93 bits per heavy atom. The third kappa shape index (κ3) is 3.16. The lowest BCUT2D eigenvalue weighted by Crippen LogP contribution is -2.32. The maximum absolute atomic E-state index is 12.5. The third-order valence-electron chi connectivity index (χ3n) is 6.79. The van der Waals surface area contributed by atoms with Crippen molar-refractivity contribution in [3.8, 4) is 11.1 Å². The van der Waals surface area contributed by atoms with Crippen molar-refractivity contribution < 1.29 is 4.79 Å². The number of pyridine rings is 1. The number of H-pyrrole nitrogens is 1. The lowest BCUT2D eigenvalue weighted by Gasteiger charge is -2.31. The lowest BCUT2D eigenvalue weighted by atomic mass is 9.90. The molecule has 30 heavy (non-hydrogen) atoms. The average molecular weight is 407 g/mol. The van der Waals surface area contributed by atoms with E-state index in [2.05, 4.69) is 27.9 Å². The highest BCUT2D eigenvalue weighted by Crippen LogP contribution is 2.40. The van der Waals surface area contributed by atoms with Crippen molar-refractivity contribution in [3.63, 3.8) is 0 Å². The molecule has 6 heteroatoms. The quantitative estimate of drug-likeness (QED) is 0.618. The molecule has 158 valence electrons. The first kappa shape index (κ1) is 20.4. The molecule has 3 aromatic rings. The summed E-state index contributed by atoms with van der Waals surface area (Å²) in [5.41, 5.74) is 11.7. The van der Waals surface area contributed by atoms with E-state index in [4.69, 9.17) is 5.73 Å².